The minimum atomic E-state index is 0. The fourth-order valence-electron chi connectivity index (χ4n) is 1.24. The first kappa shape index (κ1) is 14.1. The van der Waals surface area contributed by atoms with Crippen LogP contribution in [0.3, 0.4) is 0 Å². The topological polar surface area (TPSA) is 0 Å². The van der Waals surface area contributed by atoms with Crippen LogP contribution >= 0.6 is 0 Å². The fourth-order valence-corrected chi connectivity index (χ4v) is 3.71. The summed E-state index contributed by atoms with van der Waals surface area (Å²) in [4.78, 5) is 0. The van der Waals surface area contributed by atoms with Crippen molar-refractivity contribution in [2.24, 2.45) is 0 Å². The summed E-state index contributed by atoms with van der Waals surface area (Å²) < 4.78 is 0. The maximum Gasteiger partial charge on any atom is 0.0503 e. The van der Waals surface area contributed by atoms with E-state index in [-0.39, 0.29) is 49.6 Å². The van der Waals surface area contributed by atoms with Crippen molar-refractivity contribution in [1.82, 2.24) is 0 Å². The Balaban J connectivity index is 0. The van der Waals surface area contributed by atoms with Gasteiger partial charge in [0.15, 0.2) is 0 Å². The molecule has 0 nitrogen and oxygen atoms in total. The molecule has 59 valence electrons. The third-order valence-corrected chi connectivity index (χ3v) is 5.84. The Morgan fingerprint density at radius 2 is 1.50 bits per heavy atom. The second-order valence-electron chi connectivity index (χ2n) is 2.67. The zero-order valence-corrected chi connectivity index (χ0v) is 11.9. The molecule has 1 unspecified atom stereocenters. The van der Waals surface area contributed by atoms with Gasteiger partial charge >= 0.3 is 0 Å². The molecule has 0 rings (SSSR count). The third-order valence-electron chi connectivity index (χ3n) is 2.22. The molecule has 0 aromatic heterocycles. The summed E-state index contributed by atoms with van der Waals surface area (Å²) in [6, 6.07) is 2.91. The van der Waals surface area contributed by atoms with E-state index in [1.807, 2.05) is 0 Å². The van der Waals surface area contributed by atoms with E-state index in [9.17, 15) is 0 Å². The summed E-state index contributed by atoms with van der Waals surface area (Å²) in [5, 5.41) is 0. The van der Waals surface area contributed by atoms with E-state index in [1.165, 1.54) is 18.5 Å². The number of hydrogen-bond acceptors (Lipinski definition) is 0. The van der Waals surface area contributed by atoms with Gasteiger partial charge in [0.05, 0.1) is 8.80 Å². The van der Waals surface area contributed by atoms with Crippen molar-refractivity contribution in [2.45, 2.75) is 51.7 Å². The molecule has 0 aromatic rings. The van der Waals surface area contributed by atoms with Crippen molar-refractivity contribution < 1.29 is 40.8 Å². The van der Waals surface area contributed by atoms with E-state index in [1.54, 1.807) is 0 Å². The van der Waals surface area contributed by atoms with Gasteiger partial charge in [0.1, 0.15) is 0 Å². The van der Waals surface area contributed by atoms with Crippen molar-refractivity contribution in [3.05, 3.63) is 0 Å². The first-order valence-electron chi connectivity index (χ1n) is 4.10. The zero-order valence-electron chi connectivity index (χ0n) is 7.70. The van der Waals surface area contributed by atoms with Gasteiger partial charge < -0.3 is 0 Å². The predicted octanol–water partition coefficient (Wildman–Crippen LogP) is 3.32. The van der Waals surface area contributed by atoms with Crippen LogP contribution in [-0.4, -0.2) is 8.80 Å². The second kappa shape index (κ2) is 8.66. The molecule has 1 radical (unpaired) electrons. The molecular formula is C8H19NdSi. The molecule has 1 atom stereocenters. The van der Waals surface area contributed by atoms with Crippen LogP contribution in [0.5, 0.6) is 0 Å². The third kappa shape index (κ3) is 5.25. The van der Waals surface area contributed by atoms with Gasteiger partial charge in [-0.15, -0.1) is 0 Å². The molecule has 0 bridgehead atoms. The van der Waals surface area contributed by atoms with Gasteiger partial charge in [0.2, 0.25) is 0 Å². The Morgan fingerprint density at radius 1 is 1.10 bits per heavy atom. The molecule has 0 saturated heterocycles. The molecule has 2 heteroatoms. The largest absolute Gasteiger partial charge is 0.0680 e. The molecule has 10 heavy (non-hydrogen) atoms. The van der Waals surface area contributed by atoms with Gasteiger partial charge in [-0.2, -0.15) is 0 Å². The molecule has 0 fully saturated rings. The van der Waals surface area contributed by atoms with Crippen LogP contribution in [0.4, 0.5) is 0 Å². The number of rotatable bonds is 4. The molecule has 0 heterocycles. The molecular weight excluding hydrogens is 268 g/mol. The van der Waals surface area contributed by atoms with Crippen LogP contribution in [0.15, 0.2) is 0 Å². The Bertz CT molecular complexity index is 62.3. The van der Waals surface area contributed by atoms with Crippen LogP contribution in [-0.2, 0) is 0 Å². The summed E-state index contributed by atoms with van der Waals surface area (Å²) in [5.74, 6) is 0. The molecule has 0 aromatic carbocycles. The molecule has 0 N–H and O–H groups in total. The van der Waals surface area contributed by atoms with Gasteiger partial charge in [-0.25, -0.2) is 0 Å². The summed E-state index contributed by atoms with van der Waals surface area (Å²) in [7, 11) is 0.0481. The molecule has 0 spiro atoms. The first-order valence-corrected chi connectivity index (χ1v) is 6.09. The average Bonchev–Trinajstić information content (AvgIpc) is 1.90. The van der Waals surface area contributed by atoms with E-state index >= 15 is 0 Å². The van der Waals surface area contributed by atoms with E-state index < -0.39 is 0 Å². The molecule has 0 aliphatic heterocycles. The van der Waals surface area contributed by atoms with Crippen LogP contribution in [0.2, 0.25) is 17.6 Å². The first-order chi connectivity index (χ1) is 4.26. The predicted molar refractivity (Wildman–Crippen MR) is 46.4 cm³/mol. The van der Waals surface area contributed by atoms with E-state index in [0.29, 0.717) is 0 Å². The van der Waals surface area contributed by atoms with Crippen LogP contribution in [0.1, 0.15) is 34.1 Å². The van der Waals surface area contributed by atoms with Crippen molar-refractivity contribution in [1.29, 1.82) is 0 Å². The summed E-state index contributed by atoms with van der Waals surface area (Å²) >= 11 is 0. The Morgan fingerprint density at radius 3 is 1.60 bits per heavy atom. The minimum Gasteiger partial charge on any atom is -0.0680 e. The summed E-state index contributed by atoms with van der Waals surface area (Å²) in [6.45, 7) is 9.38. The van der Waals surface area contributed by atoms with E-state index in [2.05, 4.69) is 27.7 Å². The second-order valence-corrected chi connectivity index (χ2v) is 6.39. The van der Waals surface area contributed by atoms with Gasteiger partial charge in [-0.3, -0.25) is 0 Å². The van der Waals surface area contributed by atoms with Crippen molar-refractivity contribution in [2.75, 3.05) is 0 Å². The van der Waals surface area contributed by atoms with Crippen LogP contribution in [0.25, 0.3) is 0 Å². The zero-order chi connectivity index (χ0) is 7.28. The molecule has 0 amide bonds. The minimum absolute atomic E-state index is 0. The Kier molecular flexibility index (Phi) is 12.2. The normalized spacial score (nSPS) is 12.9. The smallest absolute Gasteiger partial charge is 0.0503 e. The molecule has 0 aliphatic rings. The standard InChI is InChI=1S/C8H19Si.Nd/c1-5-8(4)9(6-2)7-3;/h8H,5-7H2,1-4H3;. The summed E-state index contributed by atoms with van der Waals surface area (Å²) in [5.41, 5.74) is 1.03. The quantitative estimate of drug-likeness (QED) is 0.696. The van der Waals surface area contributed by atoms with Crippen molar-refractivity contribution in [3.63, 3.8) is 0 Å². The van der Waals surface area contributed by atoms with Gasteiger partial charge in [-0.1, -0.05) is 51.7 Å². The monoisotopic (exact) mass is 285 g/mol. The fraction of sp³-hybridized carbons (Fsp3) is 1.00. The van der Waals surface area contributed by atoms with Crippen molar-refractivity contribution in [3.8, 4) is 0 Å². The summed E-state index contributed by atoms with van der Waals surface area (Å²) in [6.07, 6.45) is 1.38. The Labute approximate surface area is 100 Å². The Hall–Kier alpha value is 1.57. The maximum atomic E-state index is 2.40. The van der Waals surface area contributed by atoms with E-state index in [0.717, 1.165) is 5.54 Å². The average molecular weight is 288 g/mol. The van der Waals surface area contributed by atoms with Gasteiger partial charge in [0, 0.05) is 40.8 Å². The van der Waals surface area contributed by atoms with Crippen molar-refractivity contribution >= 4 is 8.80 Å². The molecule has 0 aliphatic carbocycles. The van der Waals surface area contributed by atoms with Gasteiger partial charge in [-0.05, 0) is 0 Å². The molecule has 0 saturated carbocycles. The SMILES string of the molecule is CCC(C)[Si](CC)CC.[Nd]. The maximum absolute atomic E-state index is 2.40. The van der Waals surface area contributed by atoms with Gasteiger partial charge in [0.25, 0.3) is 0 Å². The number of hydrogen-bond donors (Lipinski definition) is 0. The van der Waals surface area contributed by atoms with Crippen LogP contribution in [0, 0.1) is 40.8 Å². The van der Waals surface area contributed by atoms with Crippen LogP contribution < -0.4 is 0 Å². The van der Waals surface area contributed by atoms with E-state index in [4.69, 9.17) is 0 Å².